The number of hydrogen-bond donors (Lipinski definition) is 1. The fourth-order valence-electron chi connectivity index (χ4n) is 4.32. The lowest BCUT2D eigenvalue weighted by Crippen LogP contribution is -2.38. The molecule has 0 atom stereocenters. The molecule has 0 saturated carbocycles. The van der Waals surface area contributed by atoms with E-state index in [4.69, 9.17) is 0 Å². The van der Waals surface area contributed by atoms with Gasteiger partial charge in [0.25, 0.3) is 5.91 Å². The fraction of sp³-hybridized carbons (Fsp3) is 0.591. The molecule has 7 nitrogen and oxygen atoms in total. The van der Waals surface area contributed by atoms with Gasteiger partial charge in [-0.3, -0.25) is 9.48 Å². The molecule has 7 heteroatoms. The third kappa shape index (κ3) is 5.35. The van der Waals surface area contributed by atoms with Crippen molar-refractivity contribution in [1.29, 1.82) is 0 Å². The minimum atomic E-state index is 0.105. The van der Waals surface area contributed by atoms with E-state index in [0.29, 0.717) is 17.5 Å². The minimum absolute atomic E-state index is 0.105. The molecule has 2 aromatic heterocycles. The number of aryl methyl sites for hydroxylation is 1. The lowest BCUT2D eigenvalue weighted by molar-refractivity contribution is 0.0684. The van der Waals surface area contributed by atoms with Crippen molar-refractivity contribution in [2.75, 3.05) is 38.5 Å². The Bertz CT molecular complexity index is 759. The van der Waals surface area contributed by atoms with Gasteiger partial charge in [-0.15, -0.1) is 0 Å². The summed E-state index contributed by atoms with van der Waals surface area (Å²) in [6.07, 6.45) is 11.1. The zero-order chi connectivity index (χ0) is 20.1. The van der Waals surface area contributed by atoms with Crippen molar-refractivity contribution in [3.8, 4) is 0 Å². The van der Waals surface area contributed by atoms with Crippen LogP contribution in [0.5, 0.6) is 0 Å². The second-order valence-electron chi connectivity index (χ2n) is 8.45. The number of aromatic nitrogens is 3. The molecule has 4 rings (SSSR count). The highest BCUT2D eigenvalue weighted by Gasteiger charge is 2.24. The summed E-state index contributed by atoms with van der Waals surface area (Å²) < 4.78 is 1.99. The number of piperidine rings is 2. The van der Waals surface area contributed by atoms with Crippen LogP contribution in [0.25, 0.3) is 0 Å². The molecule has 1 N–H and O–H groups in total. The molecule has 2 aliphatic rings. The maximum absolute atomic E-state index is 12.8. The number of carbonyl (C=O) groups is 1. The van der Waals surface area contributed by atoms with Crippen molar-refractivity contribution >= 4 is 11.7 Å². The molecular weight excluding hydrogens is 364 g/mol. The van der Waals surface area contributed by atoms with Crippen LogP contribution in [0.3, 0.4) is 0 Å². The van der Waals surface area contributed by atoms with E-state index in [1.165, 1.54) is 0 Å². The van der Waals surface area contributed by atoms with Gasteiger partial charge < -0.3 is 15.1 Å². The molecule has 4 heterocycles. The molecule has 0 aromatic carbocycles. The van der Waals surface area contributed by atoms with Crippen molar-refractivity contribution in [1.82, 2.24) is 24.6 Å². The lowest BCUT2D eigenvalue weighted by atomic mass is 9.93. The number of nitrogens with one attached hydrogen (secondary N) is 1. The average Bonchev–Trinajstić information content (AvgIpc) is 3.28. The number of rotatable bonds is 6. The van der Waals surface area contributed by atoms with Gasteiger partial charge in [-0.05, 0) is 76.4 Å². The fourth-order valence-corrected chi connectivity index (χ4v) is 4.32. The first-order valence-corrected chi connectivity index (χ1v) is 10.9. The van der Waals surface area contributed by atoms with E-state index in [9.17, 15) is 4.79 Å². The van der Waals surface area contributed by atoms with Crippen LogP contribution in [0.4, 0.5) is 5.82 Å². The molecule has 2 saturated heterocycles. The first kappa shape index (κ1) is 19.9. The van der Waals surface area contributed by atoms with E-state index in [1.807, 2.05) is 40.2 Å². The van der Waals surface area contributed by atoms with Crippen LogP contribution in [0, 0.1) is 5.92 Å². The molecule has 2 aliphatic heterocycles. The summed E-state index contributed by atoms with van der Waals surface area (Å²) >= 11 is 0. The second-order valence-corrected chi connectivity index (χ2v) is 8.45. The predicted octanol–water partition coefficient (Wildman–Crippen LogP) is 2.73. The molecule has 0 spiro atoms. The first-order valence-electron chi connectivity index (χ1n) is 10.9. The van der Waals surface area contributed by atoms with Gasteiger partial charge in [0.2, 0.25) is 0 Å². The maximum atomic E-state index is 12.8. The Balaban J connectivity index is 1.23. The summed E-state index contributed by atoms with van der Waals surface area (Å²) in [7, 11) is 2.16. The molecule has 2 fully saturated rings. The van der Waals surface area contributed by atoms with Gasteiger partial charge in [0.05, 0.1) is 5.56 Å². The van der Waals surface area contributed by atoms with Gasteiger partial charge in [-0.2, -0.15) is 5.10 Å². The van der Waals surface area contributed by atoms with Gasteiger partial charge >= 0.3 is 0 Å². The monoisotopic (exact) mass is 396 g/mol. The van der Waals surface area contributed by atoms with E-state index in [-0.39, 0.29) is 5.91 Å². The maximum Gasteiger partial charge on any atom is 0.255 e. The van der Waals surface area contributed by atoms with Crippen molar-refractivity contribution in [2.24, 2.45) is 5.92 Å². The summed E-state index contributed by atoms with van der Waals surface area (Å²) in [4.78, 5) is 21.7. The number of likely N-dealkylation sites (tertiary alicyclic amines) is 2. The van der Waals surface area contributed by atoms with Gasteiger partial charge in [0, 0.05) is 44.3 Å². The number of hydrogen-bond acceptors (Lipinski definition) is 5. The molecule has 1 amide bonds. The quantitative estimate of drug-likeness (QED) is 0.813. The zero-order valence-corrected chi connectivity index (χ0v) is 17.3. The summed E-state index contributed by atoms with van der Waals surface area (Å²) in [5.41, 5.74) is 0.689. The summed E-state index contributed by atoms with van der Waals surface area (Å²) in [5, 5.41) is 7.78. The van der Waals surface area contributed by atoms with Crippen molar-refractivity contribution < 1.29 is 4.79 Å². The van der Waals surface area contributed by atoms with Crippen LogP contribution in [-0.2, 0) is 6.54 Å². The Hall–Kier alpha value is -2.41. The highest BCUT2D eigenvalue weighted by atomic mass is 16.2. The summed E-state index contributed by atoms with van der Waals surface area (Å²) in [6, 6.07) is 6.30. The predicted molar refractivity (Wildman–Crippen MR) is 114 cm³/mol. The van der Waals surface area contributed by atoms with Crippen LogP contribution >= 0.6 is 0 Å². The Morgan fingerprint density at radius 3 is 2.59 bits per heavy atom. The Morgan fingerprint density at radius 1 is 1.14 bits per heavy atom. The molecule has 2 aromatic rings. The highest BCUT2D eigenvalue weighted by Crippen LogP contribution is 2.23. The topological polar surface area (TPSA) is 66.3 Å². The summed E-state index contributed by atoms with van der Waals surface area (Å²) in [6.45, 7) is 4.86. The Morgan fingerprint density at radius 2 is 1.93 bits per heavy atom. The number of carbonyl (C=O) groups excluding carboxylic acids is 1. The number of nitrogens with zero attached hydrogens (tertiary/aromatic N) is 5. The van der Waals surface area contributed by atoms with Gasteiger partial charge in [-0.25, -0.2) is 4.98 Å². The molecular formula is C22H32N6O. The third-order valence-electron chi connectivity index (χ3n) is 6.31. The summed E-state index contributed by atoms with van der Waals surface area (Å²) in [5.74, 6) is 1.64. The van der Waals surface area contributed by atoms with Crippen molar-refractivity contribution in [3.63, 3.8) is 0 Å². The first-order chi connectivity index (χ1) is 14.2. The normalized spacial score (nSPS) is 19.4. The lowest BCUT2D eigenvalue weighted by Gasteiger charge is -2.32. The van der Waals surface area contributed by atoms with Crippen molar-refractivity contribution in [2.45, 2.75) is 44.7 Å². The zero-order valence-electron chi connectivity index (χ0n) is 17.3. The smallest absolute Gasteiger partial charge is 0.255 e. The van der Waals surface area contributed by atoms with E-state index in [2.05, 4.69) is 27.3 Å². The van der Waals surface area contributed by atoms with Gasteiger partial charge in [0.1, 0.15) is 5.82 Å². The Kier molecular flexibility index (Phi) is 6.44. The van der Waals surface area contributed by atoms with Crippen LogP contribution < -0.4 is 5.32 Å². The highest BCUT2D eigenvalue weighted by molar-refractivity contribution is 5.94. The van der Waals surface area contributed by atoms with E-state index in [0.717, 1.165) is 70.6 Å². The van der Waals surface area contributed by atoms with Crippen LogP contribution in [0.15, 0.2) is 36.8 Å². The van der Waals surface area contributed by atoms with E-state index >= 15 is 0 Å². The molecule has 0 unspecified atom stereocenters. The van der Waals surface area contributed by atoms with Crippen LogP contribution in [0.2, 0.25) is 0 Å². The largest absolute Gasteiger partial charge is 0.367 e. The standard InChI is InChI=1S/C22H32N6O/c1-26-12-8-20(9-13-26)25-21-4-3-19(17-23-21)22(29)27-14-5-18(6-15-27)7-16-28-11-2-10-24-28/h2-4,10-11,17-18,20H,5-9,12-16H2,1H3,(H,23,25). The number of pyridine rings is 1. The molecule has 156 valence electrons. The number of anilines is 1. The average molecular weight is 397 g/mol. The van der Waals surface area contributed by atoms with Crippen molar-refractivity contribution in [3.05, 3.63) is 42.4 Å². The Labute approximate surface area is 173 Å². The molecule has 0 aliphatic carbocycles. The van der Waals surface area contributed by atoms with Gasteiger partial charge in [0.15, 0.2) is 0 Å². The minimum Gasteiger partial charge on any atom is -0.367 e. The molecule has 0 radical (unpaired) electrons. The molecule has 29 heavy (non-hydrogen) atoms. The van der Waals surface area contributed by atoms with E-state index in [1.54, 1.807) is 6.20 Å². The second kappa shape index (κ2) is 9.39. The van der Waals surface area contributed by atoms with Gasteiger partial charge in [-0.1, -0.05) is 0 Å². The SMILES string of the molecule is CN1CCC(Nc2ccc(C(=O)N3CCC(CCn4cccn4)CC3)cn2)CC1. The van der Waals surface area contributed by atoms with E-state index < -0.39 is 0 Å². The third-order valence-corrected chi connectivity index (χ3v) is 6.31. The number of amides is 1. The van der Waals surface area contributed by atoms with Crippen LogP contribution in [0.1, 0.15) is 42.5 Å². The molecule has 0 bridgehead atoms. The van der Waals surface area contributed by atoms with Crippen LogP contribution in [-0.4, -0.2) is 69.7 Å².